The highest BCUT2D eigenvalue weighted by atomic mass is 31.2. The van der Waals surface area contributed by atoms with Crippen molar-refractivity contribution >= 4 is 7.60 Å². The molecule has 0 atom stereocenters. The molecule has 0 heterocycles. The molecule has 0 saturated carbocycles. The van der Waals surface area contributed by atoms with Crippen LogP contribution in [0.1, 0.15) is 19.4 Å². The van der Waals surface area contributed by atoms with Gasteiger partial charge in [0.1, 0.15) is 12.2 Å². The Bertz CT molecular complexity index is 534. The fourth-order valence-corrected chi connectivity index (χ4v) is 3.67. The van der Waals surface area contributed by atoms with E-state index in [4.69, 9.17) is 9.78 Å². The van der Waals surface area contributed by atoms with Crippen molar-refractivity contribution in [3.63, 3.8) is 0 Å². The minimum atomic E-state index is -4.53. The molecule has 0 aliphatic carbocycles. The molecule has 0 aliphatic heterocycles. The SMILES string of the molecule is CN(C)C(COOC(C)(C)c1ccccc1)(N(C)C)P(=O)(O)O. The van der Waals surface area contributed by atoms with E-state index < -0.39 is 18.6 Å². The van der Waals surface area contributed by atoms with Gasteiger partial charge in [0.25, 0.3) is 0 Å². The molecule has 0 saturated heterocycles. The maximum atomic E-state index is 12.0. The molecule has 23 heavy (non-hydrogen) atoms. The molecule has 0 fully saturated rings. The van der Waals surface area contributed by atoms with Crippen LogP contribution < -0.4 is 0 Å². The van der Waals surface area contributed by atoms with E-state index in [-0.39, 0.29) is 6.61 Å². The number of hydrogen-bond donors (Lipinski definition) is 2. The van der Waals surface area contributed by atoms with E-state index in [1.54, 1.807) is 28.2 Å². The molecule has 1 aromatic rings. The summed E-state index contributed by atoms with van der Waals surface area (Å²) >= 11 is 0. The number of nitrogens with zero attached hydrogens (tertiary/aromatic N) is 2. The molecule has 8 heteroatoms. The van der Waals surface area contributed by atoms with Crippen LogP contribution in [0, 0.1) is 0 Å². The first-order valence-corrected chi connectivity index (χ1v) is 8.83. The van der Waals surface area contributed by atoms with Crippen LogP contribution in [0.25, 0.3) is 0 Å². The van der Waals surface area contributed by atoms with E-state index >= 15 is 0 Å². The predicted octanol–water partition coefficient (Wildman–Crippen LogP) is 1.82. The van der Waals surface area contributed by atoms with Crippen LogP contribution in [0.2, 0.25) is 0 Å². The zero-order valence-corrected chi connectivity index (χ0v) is 15.4. The third kappa shape index (κ3) is 4.39. The quantitative estimate of drug-likeness (QED) is 0.322. The van der Waals surface area contributed by atoms with Crippen LogP contribution in [-0.4, -0.2) is 59.8 Å². The Morgan fingerprint density at radius 3 is 1.91 bits per heavy atom. The van der Waals surface area contributed by atoms with E-state index in [0.29, 0.717) is 0 Å². The second kappa shape index (κ2) is 7.40. The number of benzene rings is 1. The van der Waals surface area contributed by atoms with Gasteiger partial charge in [-0.1, -0.05) is 30.3 Å². The first-order chi connectivity index (χ1) is 10.4. The average molecular weight is 346 g/mol. The fourth-order valence-electron chi connectivity index (χ4n) is 2.41. The second-order valence-corrected chi connectivity index (χ2v) is 8.13. The van der Waals surface area contributed by atoms with Gasteiger partial charge in [-0.05, 0) is 47.6 Å². The van der Waals surface area contributed by atoms with E-state index in [2.05, 4.69) is 0 Å². The lowest BCUT2D eigenvalue weighted by atomic mass is 9.99. The maximum absolute atomic E-state index is 12.0. The molecule has 0 aromatic heterocycles. The Morgan fingerprint density at radius 2 is 1.52 bits per heavy atom. The number of rotatable bonds is 8. The lowest BCUT2D eigenvalue weighted by Gasteiger charge is -2.44. The molecule has 132 valence electrons. The van der Waals surface area contributed by atoms with Gasteiger partial charge in [0.15, 0.2) is 0 Å². The molecule has 0 amide bonds. The van der Waals surface area contributed by atoms with Crippen LogP contribution in [0.4, 0.5) is 0 Å². The Labute approximate surface area is 137 Å². The summed E-state index contributed by atoms with van der Waals surface area (Å²) in [5.74, 6) is 0. The highest BCUT2D eigenvalue weighted by molar-refractivity contribution is 7.53. The molecule has 2 N–H and O–H groups in total. The standard InChI is InChI=1S/C15H27N2O5P/c1-14(2,13-10-8-7-9-11-13)22-21-12-15(16(3)4,17(5)6)23(18,19)20/h7-11H,12H2,1-6H3,(H2,18,19,20). The highest BCUT2D eigenvalue weighted by Crippen LogP contribution is 2.53. The molecule has 0 aliphatic rings. The predicted molar refractivity (Wildman–Crippen MR) is 88.7 cm³/mol. The normalized spacial score (nSPS) is 13.8. The highest BCUT2D eigenvalue weighted by Gasteiger charge is 2.52. The third-order valence-corrected chi connectivity index (χ3v) is 5.75. The minimum absolute atomic E-state index is 0.312. The van der Waals surface area contributed by atoms with Crippen molar-refractivity contribution in [2.45, 2.75) is 24.9 Å². The minimum Gasteiger partial charge on any atom is -0.322 e. The Balaban J connectivity index is 2.91. The topological polar surface area (TPSA) is 82.5 Å². The van der Waals surface area contributed by atoms with Gasteiger partial charge < -0.3 is 9.79 Å². The van der Waals surface area contributed by atoms with Crippen molar-refractivity contribution in [3.8, 4) is 0 Å². The molecule has 1 aromatic carbocycles. The second-order valence-electron chi connectivity index (χ2n) is 6.33. The molecule has 0 unspecified atom stereocenters. The molecule has 0 bridgehead atoms. The molecule has 0 radical (unpaired) electrons. The molecule has 7 nitrogen and oxygen atoms in total. The summed E-state index contributed by atoms with van der Waals surface area (Å²) in [4.78, 5) is 33.3. The van der Waals surface area contributed by atoms with E-state index in [0.717, 1.165) is 5.56 Å². The third-order valence-electron chi connectivity index (χ3n) is 3.89. The lowest BCUT2D eigenvalue weighted by molar-refractivity contribution is -0.369. The van der Waals surface area contributed by atoms with Crippen molar-refractivity contribution in [2.24, 2.45) is 0 Å². The van der Waals surface area contributed by atoms with Gasteiger partial charge in [0.05, 0.1) is 0 Å². The molecule has 1 rings (SSSR count). The Morgan fingerprint density at radius 1 is 1.04 bits per heavy atom. The van der Waals surface area contributed by atoms with E-state index in [1.165, 1.54) is 9.80 Å². The zero-order chi connectivity index (χ0) is 17.9. The van der Waals surface area contributed by atoms with Crippen molar-refractivity contribution < 1.29 is 24.1 Å². The monoisotopic (exact) mass is 346 g/mol. The largest absolute Gasteiger partial charge is 0.362 e. The Hall–Kier alpha value is -0.790. The maximum Gasteiger partial charge on any atom is 0.362 e. The summed E-state index contributed by atoms with van der Waals surface area (Å²) in [7, 11) is 1.83. The van der Waals surface area contributed by atoms with E-state index in [9.17, 15) is 14.4 Å². The summed E-state index contributed by atoms with van der Waals surface area (Å²) in [6.07, 6.45) is 0. The van der Waals surface area contributed by atoms with Crippen molar-refractivity contribution in [1.29, 1.82) is 0 Å². The fraction of sp³-hybridized carbons (Fsp3) is 0.600. The van der Waals surface area contributed by atoms with E-state index in [1.807, 2.05) is 44.2 Å². The molecular weight excluding hydrogens is 319 g/mol. The summed E-state index contributed by atoms with van der Waals surface area (Å²) in [6.45, 7) is 3.34. The smallest absolute Gasteiger partial charge is 0.322 e. The summed E-state index contributed by atoms with van der Waals surface area (Å²) in [6, 6.07) is 9.48. The van der Waals surface area contributed by atoms with Gasteiger partial charge >= 0.3 is 7.60 Å². The zero-order valence-electron chi connectivity index (χ0n) is 14.6. The lowest BCUT2D eigenvalue weighted by Crippen LogP contribution is -2.58. The van der Waals surface area contributed by atoms with Crippen LogP contribution in [0.5, 0.6) is 0 Å². The van der Waals surface area contributed by atoms with Gasteiger partial charge in [-0.3, -0.25) is 14.4 Å². The summed E-state index contributed by atoms with van der Waals surface area (Å²) < 4.78 is 12.0. The van der Waals surface area contributed by atoms with Crippen molar-refractivity contribution in [2.75, 3.05) is 34.8 Å². The van der Waals surface area contributed by atoms with Crippen LogP contribution in [0.15, 0.2) is 30.3 Å². The Kier molecular flexibility index (Phi) is 6.52. The number of hydrogen-bond acceptors (Lipinski definition) is 5. The first-order valence-electron chi connectivity index (χ1n) is 7.22. The van der Waals surface area contributed by atoms with Crippen molar-refractivity contribution in [3.05, 3.63) is 35.9 Å². The molecule has 0 spiro atoms. The summed E-state index contributed by atoms with van der Waals surface area (Å²) in [5, 5.41) is -1.61. The van der Waals surface area contributed by atoms with Crippen LogP contribution >= 0.6 is 7.60 Å². The van der Waals surface area contributed by atoms with Crippen LogP contribution in [0.3, 0.4) is 0 Å². The van der Waals surface area contributed by atoms with Gasteiger partial charge in [0, 0.05) is 0 Å². The van der Waals surface area contributed by atoms with Crippen LogP contribution in [-0.2, 0) is 19.9 Å². The first kappa shape index (κ1) is 20.3. The van der Waals surface area contributed by atoms with Gasteiger partial charge in [-0.25, -0.2) is 9.78 Å². The summed E-state index contributed by atoms with van der Waals surface area (Å²) in [5.41, 5.74) is 0.150. The van der Waals surface area contributed by atoms with Gasteiger partial charge in [0.2, 0.25) is 5.40 Å². The van der Waals surface area contributed by atoms with Gasteiger partial charge in [-0.15, -0.1) is 0 Å². The van der Waals surface area contributed by atoms with Gasteiger partial charge in [-0.2, -0.15) is 0 Å². The molecular formula is C15H27N2O5P. The number of likely N-dealkylation sites (N-methyl/N-ethyl adjacent to an activating group) is 2. The van der Waals surface area contributed by atoms with Crippen molar-refractivity contribution in [1.82, 2.24) is 9.80 Å². The average Bonchev–Trinajstić information content (AvgIpc) is 2.42.